The summed E-state index contributed by atoms with van der Waals surface area (Å²) in [7, 11) is 0. The van der Waals surface area contributed by atoms with E-state index in [0.717, 1.165) is 18.4 Å². The Balaban J connectivity index is 1.74. The maximum atomic E-state index is 13.2. The summed E-state index contributed by atoms with van der Waals surface area (Å²) >= 11 is 0. The normalized spacial score (nSPS) is 26.8. The molecule has 1 saturated carbocycles. The first-order valence-corrected chi connectivity index (χ1v) is 8.36. The minimum absolute atomic E-state index is 0.135. The summed E-state index contributed by atoms with van der Waals surface area (Å²) < 4.78 is 19.4. The van der Waals surface area contributed by atoms with Gasteiger partial charge in [-0.2, -0.15) is 0 Å². The molecular formula is C20H20FNO. The summed E-state index contributed by atoms with van der Waals surface area (Å²) in [6.45, 7) is 0. The van der Waals surface area contributed by atoms with Gasteiger partial charge in [-0.05, 0) is 49.1 Å². The van der Waals surface area contributed by atoms with Crippen molar-refractivity contribution in [1.82, 2.24) is 0 Å². The van der Waals surface area contributed by atoms with Gasteiger partial charge in [-0.3, -0.25) is 0 Å². The Labute approximate surface area is 136 Å². The number of hydrogen-bond acceptors (Lipinski definition) is 2. The Bertz CT molecular complexity index is 695. The highest BCUT2D eigenvalue weighted by molar-refractivity contribution is 5.94. The van der Waals surface area contributed by atoms with Crippen molar-refractivity contribution in [2.24, 2.45) is 10.9 Å². The van der Waals surface area contributed by atoms with Crippen LogP contribution in [-0.4, -0.2) is 12.0 Å². The number of halogens is 1. The predicted molar refractivity (Wildman–Crippen MR) is 89.0 cm³/mol. The van der Waals surface area contributed by atoms with Gasteiger partial charge in [-0.15, -0.1) is 0 Å². The van der Waals surface area contributed by atoms with E-state index >= 15 is 0 Å². The largest absolute Gasteiger partial charge is 0.474 e. The minimum Gasteiger partial charge on any atom is -0.474 e. The number of benzene rings is 2. The summed E-state index contributed by atoms with van der Waals surface area (Å²) in [4.78, 5) is 4.91. The SMILES string of the molecule is Fc1ccc(C2=N[C@@H](c3ccccc3)[C@@H]3CCCC[C@H]3O2)cc1. The number of aliphatic imine (C=N–C) groups is 1. The van der Waals surface area contributed by atoms with Gasteiger partial charge in [0.25, 0.3) is 0 Å². The fourth-order valence-electron chi connectivity index (χ4n) is 3.74. The molecule has 118 valence electrons. The highest BCUT2D eigenvalue weighted by Gasteiger charge is 2.38. The molecule has 1 aliphatic heterocycles. The van der Waals surface area contributed by atoms with Crippen LogP contribution >= 0.6 is 0 Å². The smallest absolute Gasteiger partial charge is 0.216 e. The van der Waals surface area contributed by atoms with Crippen molar-refractivity contribution >= 4 is 5.90 Å². The van der Waals surface area contributed by atoms with Gasteiger partial charge in [0, 0.05) is 11.5 Å². The average Bonchev–Trinajstić information content (AvgIpc) is 2.62. The zero-order valence-electron chi connectivity index (χ0n) is 13.0. The van der Waals surface area contributed by atoms with Crippen LogP contribution in [0.5, 0.6) is 0 Å². The van der Waals surface area contributed by atoms with Gasteiger partial charge in [-0.25, -0.2) is 9.38 Å². The van der Waals surface area contributed by atoms with E-state index in [-0.39, 0.29) is 18.0 Å². The van der Waals surface area contributed by atoms with Gasteiger partial charge in [0.1, 0.15) is 11.9 Å². The van der Waals surface area contributed by atoms with Gasteiger partial charge < -0.3 is 4.74 Å². The lowest BCUT2D eigenvalue weighted by Crippen LogP contribution is -2.38. The van der Waals surface area contributed by atoms with Gasteiger partial charge in [-0.1, -0.05) is 36.8 Å². The Kier molecular flexibility index (Phi) is 3.86. The molecule has 1 fully saturated rings. The highest BCUT2D eigenvalue weighted by Crippen LogP contribution is 2.42. The molecule has 2 nitrogen and oxygen atoms in total. The highest BCUT2D eigenvalue weighted by atomic mass is 19.1. The van der Waals surface area contributed by atoms with E-state index in [1.54, 1.807) is 12.1 Å². The van der Waals surface area contributed by atoms with Crippen LogP contribution in [0, 0.1) is 11.7 Å². The van der Waals surface area contributed by atoms with E-state index in [1.165, 1.54) is 30.5 Å². The first-order chi connectivity index (χ1) is 11.3. The molecule has 2 aromatic rings. The van der Waals surface area contributed by atoms with Gasteiger partial charge >= 0.3 is 0 Å². The molecule has 0 N–H and O–H groups in total. The number of rotatable bonds is 2. The third-order valence-electron chi connectivity index (χ3n) is 4.91. The molecule has 0 radical (unpaired) electrons. The molecule has 0 saturated heterocycles. The third-order valence-corrected chi connectivity index (χ3v) is 4.91. The topological polar surface area (TPSA) is 21.6 Å². The number of fused-ring (bicyclic) bond motifs is 1. The summed E-state index contributed by atoms with van der Waals surface area (Å²) in [6, 6.07) is 17.0. The molecule has 2 aromatic carbocycles. The molecule has 3 atom stereocenters. The average molecular weight is 309 g/mol. The molecule has 0 aromatic heterocycles. The molecule has 4 rings (SSSR count). The van der Waals surface area contributed by atoms with Crippen LogP contribution in [0.1, 0.15) is 42.9 Å². The van der Waals surface area contributed by atoms with Crippen LogP contribution in [0.2, 0.25) is 0 Å². The van der Waals surface area contributed by atoms with Crippen molar-refractivity contribution in [3.05, 3.63) is 71.5 Å². The lowest BCUT2D eigenvalue weighted by Gasteiger charge is -2.39. The molecule has 23 heavy (non-hydrogen) atoms. The molecule has 0 bridgehead atoms. The molecule has 2 aliphatic rings. The lowest BCUT2D eigenvalue weighted by atomic mass is 9.78. The van der Waals surface area contributed by atoms with Gasteiger partial charge in [0.2, 0.25) is 5.90 Å². The summed E-state index contributed by atoms with van der Waals surface area (Å²) in [6.07, 6.45) is 4.90. The first kappa shape index (κ1) is 14.4. The van der Waals surface area contributed by atoms with E-state index in [1.807, 2.05) is 6.07 Å². The van der Waals surface area contributed by atoms with Crippen molar-refractivity contribution in [1.29, 1.82) is 0 Å². The number of nitrogens with zero attached hydrogens (tertiary/aromatic N) is 1. The Morgan fingerprint density at radius 1 is 0.913 bits per heavy atom. The van der Waals surface area contributed by atoms with Gasteiger partial charge in [0.05, 0.1) is 6.04 Å². The van der Waals surface area contributed by atoms with E-state index in [0.29, 0.717) is 11.8 Å². The van der Waals surface area contributed by atoms with Crippen LogP contribution in [-0.2, 0) is 4.74 Å². The van der Waals surface area contributed by atoms with E-state index in [2.05, 4.69) is 24.3 Å². The molecule has 0 spiro atoms. The van der Waals surface area contributed by atoms with E-state index < -0.39 is 0 Å². The minimum atomic E-state index is -0.236. The summed E-state index contributed by atoms with van der Waals surface area (Å²) in [5.41, 5.74) is 2.10. The van der Waals surface area contributed by atoms with Crippen molar-refractivity contribution < 1.29 is 9.13 Å². The maximum Gasteiger partial charge on any atom is 0.216 e. The Morgan fingerprint density at radius 2 is 1.65 bits per heavy atom. The van der Waals surface area contributed by atoms with E-state index in [9.17, 15) is 4.39 Å². The second-order valence-electron chi connectivity index (χ2n) is 6.40. The lowest BCUT2D eigenvalue weighted by molar-refractivity contribution is 0.0501. The number of ether oxygens (including phenoxy) is 1. The summed E-state index contributed by atoms with van der Waals surface area (Å²) in [5.74, 6) is 0.859. The first-order valence-electron chi connectivity index (χ1n) is 8.36. The molecule has 3 heteroatoms. The van der Waals surface area contributed by atoms with Crippen molar-refractivity contribution in [2.75, 3.05) is 0 Å². The molecule has 0 unspecified atom stereocenters. The van der Waals surface area contributed by atoms with Crippen molar-refractivity contribution in [2.45, 2.75) is 37.8 Å². The Hall–Kier alpha value is -2.16. The monoisotopic (exact) mass is 309 g/mol. The fraction of sp³-hybridized carbons (Fsp3) is 0.350. The fourth-order valence-corrected chi connectivity index (χ4v) is 3.74. The molecular weight excluding hydrogens is 289 g/mol. The summed E-state index contributed by atoms with van der Waals surface area (Å²) in [5, 5.41) is 0. The molecule has 0 amide bonds. The van der Waals surface area contributed by atoms with Crippen molar-refractivity contribution in [3.63, 3.8) is 0 Å². The Morgan fingerprint density at radius 3 is 2.43 bits per heavy atom. The second kappa shape index (κ2) is 6.15. The zero-order chi connectivity index (χ0) is 15.6. The van der Waals surface area contributed by atoms with Crippen LogP contribution in [0.25, 0.3) is 0 Å². The zero-order valence-corrected chi connectivity index (χ0v) is 13.0. The van der Waals surface area contributed by atoms with Crippen LogP contribution < -0.4 is 0 Å². The predicted octanol–water partition coefficient (Wildman–Crippen LogP) is 4.90. The maximum absolute atomic E-state index is 13.2. The second-order valence-corrected chi connectivity index (χ2v) is 6.40. The van der Waals surface area contributed by atoms with Crippen molar-refractivity contribution in [3.8, 4) is 0 Å². The van der Waals surface area contributed by atoms with Crippen LogP contribution in [0.3, 0.4) is 0 Å². The standard InChI is InChI=1S/C20H20FNO/c21-16-12-10-15(11-13-16)20-22-19(14-6-2-1-3-7-14)17-8-4-5-9-18(17)23-20/h1-3,6-7,10-13,17-19H,4-5,8-9H2/t17-,18-,19+/m1/s1. The molecule has 1 aliphatic carbocycles. The van der Waals surface area contributed by atoms with Gasteiger partial charge in [0.15, 0.2) is 0 Å². The van der Waals surface area contributed by atoms with Crippen LogP contribution in [0.4, 0.5) is 4.39 Å². The van der Waals surface area contributed by atoms with Crippen LogP contribution in [0.15, 0.2) is 59.6 Å². The molecule has 1 heterocycles. The number of hydrogen-bond donors (Lipinski definition) is 0. The third kappa shape index (κ3) is 2.88. The van der Waals surface area contributed by atoms with E-state index in [4.69, 9.17) is 9.73 Å². The quantitative estimate of drug-likeness (QED) is 0.773.